The minimum absolute atomic E-state index is 0.0284. The summed E-state index contributed by atoms with van der Waals surface area (Å²) >= 11 is 3.18. The molecule has 1 rings (SSSR count). The summed E-state index contributed by atoms with van der Waals surface area (Å²) in [5.74, 6) is 0.284. The second-order valence-corrected chi connectivity index (χ2v) is 3.17. The Hall–Kier alpha value is -1.23. The van der Waals surface area contributed by atoms with E-state index < -0.39 is 0 Å². The van der Waals surface area contributed by atoms with Gasteiger partial charge in [-0.15, -0.1) is 4.91 Å². The monoisotopic (exact) mass is 243 g/mol. The zero-order chi connectivity index (χ0) is 9.84. The predicted molar refractivity (Wildman–Crippen MR) is 51.5 cm³/mol. The maximum absolute atomic E-state index is 10.5. The fraction of sp³-hybridized carbons (Fsp3) is 0.125. The molecule has 13 heavy (non-hydrogen) atoms. The molecule has 0 unspecified atom stereocenters. The molecule has 0 aliphatic rings. The first kappa shape index (κ1) is 9.85. The van der Waals surface area contributed by atoms with Crippen molar-refractivity contribution in [1.82, 2.24) is 0 Å². The van der Waals surface area contributed by atoms with Crippen LogP contribution in [0.2, 0.25) is 0 Å². The lowest BCUT2D eigenvalue weighted by Crippen LogP contribution is -1.88. The molecule has 0 aromatic heterocycles. The predicted octanol–water partition coefficient (Wildman–Crippen LogP) is 2.67. The molecule has 68 valence electrons. The van der Waals surface area contributed by atoms with Gasteiger partial charge in [0.15, 0.2) is 12.0 Å². The van der Waals surface area contributed by atoms with Gasteiger partial charge < -0.3 is 4.74 Å². The van der Waals surface area contributed by atoms with E-state index in [1.165, 1.54) is 13.2 Å². The molecule has 0 spiro atoms. The fourth-order valence-corrected chi connectivity index (χ4v) is 1.39. The van der Waals surface area contributed by atoms with E-state index in [9.17, 15) is 9.70 Å². The van der Waals surface area contributed by atoms with E-state index in [1.54, 1.807) is 6.07 Å². The van der Waals surface area contributed by atoms with Gasteiger partial charge in [-0.1, -0.05) is 15.9 Å². The molecular weight excluding hydrogens is 238 g/mol. The number of halogens is 1. The molecule has 0 aliphatic heterocycles. The quantitative estimate of drug-likeness (QED) is 0.606. The maximum Gasteiger partial charge on any atom is 0.160 e. The number of benzene rings is 1. The van der Waals surface area contributed by atoms with Crippen molar-refractivity contribution in [2.75, 3.05) is 7.11 Å². The van der Waals surface area contributed by atoms with Crippen molar-refractivity contribution in [3.63, 3.8) is 0 Å². The molecule has 5 heteroatoms. The molecule has 0 heterocycles. The highest BCUT2D eigenvalue weighted by atomic mass is 79.9. The number of carbonyl (C=O) groups excluding carboxylic acids is 1. The number of hydrogen-bond donors (Lipinski definition) is 0. The Balaban J connectivity index is 3.41. The van der Waals surface area contributed by atoms with Gasteiger partial charge in [0, 0.05) is 10.0 Å². The van der Waals surface area contributed by atoms with Crippen LogP contribution in [0.25, 0.3) is 0 Å². The molecule has 1 aromatic carbocycles. The summed E-state index contributed by atoms with van der Waals surface area (Å²) in [5, 5.41) is 2.73. The first-order valence-corrected chi connectivity index (χ1v) is 4.18. The molecule has 4 nitrogen and oxygen atoms in total. The van der Waals surface area contributed by atoms with Crippen LogP contribution < -0.4 is 4.74 Å². The van der Waals surface area contributed by atoms with Crippen LogP contribution in [0.1, 0.15) is 10.4 Å². The van der Waals surface area contributed by atoms with E-state index in [0.717, 1.165) is 0 Å². The molecule has 0 N–H and O–H groups in total. The number of ether oxygens (including phenoxy) is 1. The zero-order valence-electron chi connectivity index (χ0n) is 6.78. The van der Waals surface area contributed by atoms with Gasteiger partial charge in [0.05, 0.1) is 7.11 Å². The van der Waals surface area contributed by atoms with Gasteiger partial charge in [0.25, 0.3) is 0 Å². The number of carbonyl (C=O) groups is 1. The SMILES string of the molecule is COc1cc(Br)cc(C=O)c1N=O. The summed E-state index contributed by atoms with van der Waals surface area (Å²) in [6.45, 7) is 0. The summed E-state index contributed by atoms with van der Waals surface area (Å²) in [6.07, 6.45) is 0.560. The van der Waals surface area contributed by atoms with Crippen molar-refractivity contribution in [3.05, 3.63) is 27.1 Å². The van der Waals surface area contributed by atoms with Crippen LogP contribution in [0.3, 0.4) is 0 Å². The number of rotatable bonds is 3. The standard InChI is InChI=1S/C8H6BrNO3/c1-13-7-3-6(9)2-5(4-11)8(7)10-12/h2-4H,1H3. The molecule has 0 saturated heterocycles. The van der Waals surface area contributed by atoms with Crippen LogP contribution >= 0.6 is 15.9 Å². The smallest absolute Gasteiger partial charge is 0.160 e. The number of nitrogens with zero attached hydrogens (tertiary/aromatic N) is 1. The number of methoxy groups -OCH3 is 1. The number of aldehydes is 1. The Labute approximate surface area is 83.0 Å². The number of hydrogen-bond acceptors (Lipinski definition) is 4. The Kier molecular flexibility index (Phi) is 3.13. The summed E-state index contributed by atoms with van der Waals surface area (Å²) in [6, 6.07) is 3.08. The fourth-order valence-electron chi connectivity index (χ4n) is 0.938. The van der Waals surface area contributed by atoms with Gasteiger partial charge in [-0.3, -0.25) is 4.79 Å². The third kappa shape index (κ3) is 1.92. The van der Waals surface area contributed by atoms with E-state index in [1.807, 2.05) is 0 Å². The maximum atomic E-state index is 10.5. The highest BCUT2D eigenvalue weighted by molar-refractivity contribution is 9.10. The molecule has 0 bridgehead atoms. The largest absolute Gasteiger partial charge is 0.494 e. The van der Waals surface area contributed by atoms with Crippen LogP contribution in [0.5, 0.6) is 5.75 Å². The van der Waals surface area contributed by atoms with Gasteiger partial charge in [0.2, 0.25) is 0 Å². The van der Waals surface area contributed by atoms with Gasteiger partial charge in [-0.2, -0.15) is 0 Å². The lowest BCUT2D eigenvalue weighted by atomic mass is 10.2. The second-order valence-electron chi connectivity index (χ2n) is 2.26. The molecular formula is C8H6BrNO3. The van der Waals surface area contributed by atoms with Gasteiger partial charge in [-0.25, -0.2) is 0 Å². The van der Waals surface area contributed by atoms with Crippen molar-refractivity contribution in [3.8, 4) is 5.75 Å². The van der Waals surface area contributed by atoms with E-state index >= 15 is 0 Å². The summed E-state index contributed by atoms with van der Waals surface area (Å²) < 4.78 is 5.54. The van der Waals surface area contributed by atoms with Crippen LogP contribution in [-0.4, -0.2) is 13.4 Å². The van der Waals surface area contributed by atoms with Crippen molar-refractivity contribution in [2.24, 2.45) is 5.18 Å². The minimum atomic E-state index is 0.0284. The minimum Gasteiger partial charge on any atom is -0.494 e. The Bertz CT molecular complexity index is 351. The van der Waals surface area contributed by atoms with E-state index in [-0.39, 0.29) is 17.0 Å². The Morgan fingerprint density at radius 1 is 1.54 bits per heavy atom. The highest BCUT2D eigenvalue weighted by Gasteiger charge is 2.10. The molecule has 1 aromatic rings. The Morgan fingerprint density at radius 3 is 2.69 bits per heavy atom. The Morgan fingerprint density at radius 2 is 2.23 bits per heavy atom. The van der Waals surface area contributed by atoms with Gasteiger partial charge in [0.1, 0.15) is 5.75 Å². The summed E-state index contributed by atoms with van der Waals surface area (Å²) in [5.41, 5.74) is 0.238. The number of nitroso groups, excluding NO2 is 1. The average Bonchev–Trinajstić information content (AvgIpc) is 2.16. The molecule has 0 atom stereocenters. The van der Waals surface area contributed by atoms with Crippen molar-refractivity contribution >= 4 is 27.9 Å². The van der Waals surface area contributed by atoms with Crippen LogP contribution in [-0.2, 0) is 0 Å². The van der Waals surface area contributed by atoms with Crippen LogP contribution in [0, 0.1) is 4.91 Å². The summed E-state index contributed by atoms with van der Waals surface area (Å²) in [7, 11) is 1.41. The van der Waals surface area contributed by atoms with Gasteiger partial charge >= 0.3 is 0 Å². The summed E-state index contributed by atoms with van der Waals surface area (Å²) in [4.78, 5) is 20.9. The van der Waals surface area contributed by atoms with Crippen LogP contribution in [0.4, 0.5) is 5.69 Å². The zero-order valence-corrected chi connectivity index (χ0v) is 8.37. The molecule has 0 radical (unpaired) electrons. The van der Waals surface area contributed by atoms with Crippen LogP contribution in [0.15, 0.2) is 21.8 Å². The van der Waals surface area contributed by atoms with E-state index in [2.05, 4.69) is 21.1 Å². The first-order chi connectivity index (χ1) is 6.22. The third-order valence-electron chi connectivity index (χ3n) is 1.51. The first-order valence-electron chi connectivity index (χ1n) is 3.39. The van der Waals surface area contributed by atoms with Crippen molar-refractivity contribution in [1.29, 1.82) is 0 Å². The molecule has 0 aliphatic carbocycles. The van der Waals surface area contributed by atoms with Crippen molar-refractivity contribution in [2.45, 2.75) is 0 Å². The van der Waals surface area contributed by atoms with Gasteiger partial charge in [-0.05, 0) is 17.3 Å². The van der Waals surface area contributed by atoms with Crippen molar-refractivity contribution < 1.29 is 9.53 Å². The third-order valence-corrected chi connectivity index (χ3v) is 1.97. The van der Waals surface area contributed by atoms with E-state index in [0.29, 0.717) is 10.8 Å². The highest BCUT2D eigenvalue weighted by Crippen LogP contribution is 2.33. The molecule has 0 fully saturated rings. The lowest BCUT2D eigenvalue weighted by Gasteiger charge is -2.04. The molecule has 0 saturated carbocycles. The van der Waals surface area contributed by atoms with E-state index in [4.69, 9.17) is 4.74 Å². The average molecular weight is 244 g/mol. The lowest BCUT2D eigenvalue weighted by molar-refractivity contribution is 0.112. The topological polar surface area (TPSA) is 55.7 Å². The molecule has 0 amide bonds. The second kappa shape index (κ2) is 4.13. The normalized spacial score (nSPS) is 9.38.